The van der Waals surface area contributed by atoms with E-state index in [1.54, 1.807) is 48.4 Å². The first-order valence-electron chi connectivity index (χ1n) is 7.12. The number of anilines is 1. The first kappa shape index (κ1) is 15.1. The number of aromatic nitrogens is 4. The molecule has 2 heterocycles. The van der Waals surface area contributed by atoms with E-state index in [0.717, 1.165) is 11.1 Å². The first-order chi connectivity index (χ1) is 11.1. The van der Waals surface area contributed by atoms with Gasteiger partial charge in [-0.1, -0.05) is 0 Å². The molecule has 0 aliphatic heterocycles. The lowest BCUT2D eigenvalue weighted by Gasteiger charge is -2.10. The number of aryl methyl sites for hydroxylation is 1. The van der Waals surface area contributed by atoms with E-state index in [1.807, 2.05) is 0 Å². The van der Waals surface area contributed by atoms with Crippen molar-refractivity contribution in [3.63, 3.8) is 0 Å². The second kappa shape index (κ2) is 6.53. The van der Waals surface area contributed by atoms with Gasteiger partial charge in [0.25, 0.3) is 0 Å². The van der Waals surface area contributed by atoms with E-state index in [0.29, 0.717) is 18.1 Å². The molecule has 0 spiro atoms. The maximum Gasteiger partial charge on any atom is 0.148 e. The molecule has 23 heavy (non-hydrogen) atoms. The van der Waals surface area contributed by atoms with Gasteiger partial charge in [-0.3, -0.25) is 4.68 Å². The summed E-state index contributed by atoms with van der Waals surface area (Å²) in [6.07, 6.45) is 2.70. The highest BCUT2D eigenvalue weighted by Crippen LogP contribution is 2.18. The summed E-state index contributed by atoms with van der Waals surface area (Å²) in [4.78, 5) is 0. The van der Waals surface area contributed by atoms with Crippen LogP contribution < -0.4 is 5.32 Å². The van der Waals surface area contributed by atoms with Crippen molar-refractivity contribution in [1.29, 1.82) is 0 Å². The highest BCUT2D eigenvalue weighted by Gasteiger charge is 2.10. The molecule has 0 saturated carbocycles. The van der Waals surface area contributed by atoms with E-state index in [4.69, 9.17) is 0 Å². The second-order valence-electron chi connectivity index (χ2n) is 5.15. The van der Waals surface area contributed by atoms with Gasteiger partial charge in [0.15, 0.2) is 0 Å². The van der Waals surface area contributed by atoms with E-state index in [2.05, 4.69) is 20.6 Å². The predicted molar refractivity (Wildman–Crippen MR) is 84.1 cm³/mol. The molecule has 3 aromatic rings. The van der Waals surface area contributed by atoms with Crippen LogP contribution in [0.2, 0.25) is 0 Å². The highest BCUT2D eigenvalue weighted by molar-refractivity contribution is 5.59. The second-order valence-corrected chi connectivity index (χ2v) is 5.15. The minimum absolute atomic E-state index is 0.288. The smallest absolute Gasteiger partial charge is 0.148 e. The SMILES string of the molecule is Cn1cc(C(O)CNc2ccc(-c3ccc(F)cc3)nn2)cn1. The number of halogens is 1. The van der Waals surface area contributed by atoms with Crippen molar-refractivity contribution in [2.75, 3.05) is 11.9 Å². The summed E-state index contributed by atoms with van der Waals surface area (Å²) in [5.41, 5.74) is 2.18. The number of aliphatic hydroxyl groups excluding tert-OH is 1. The van der Waals surface area contributed by atoms with Crippen LogP contribution in [0.5, 0.6) is 0 Å². The summed E-state index contributed by atoms with van der Waals surface area (Å²) < 4.78 is 14.5. The third kappa shape index (κ3) is 3.70. The van der Waals surface area contributed by atoms with Crippen LogP contribution in [0.25, 0.3) is 11.3 Å². The Balaban J connectivity index is 1.62. The van der Waals surface area contributed by atoms with Gasteiger partial charge in [0, 0.05) is 30.9 Å². The number of nitrogens with one attached hydrogen (secondary N) is 1. The third-order valence-corrected chi connectivity index (χ3v) is 3.39. The van der Waals surface area contributed by atoms with Crippen LogP contribution in [-0.2, 0) is 7.05 Å². The van der Waals surface area contributed by atoms with Crippen LogP contribution in [0.15, 0.2) is 48.8 Å². The summed E-state index contributed by atoms with van der Waals surface area (Å²) in [5.74, 6) is 0.267. The lowest BCUT2D eigenvalue weighted by molar-refractivity contribution is 0.191. The van der Waals surface area contributed by atoms with Gasteiger partial charge < -0.3 is 10.4 Å². The zero-order valence-electron chi connectivity index (χ0n) is 12.5. The highest BCUT2D eigenvalue weighted by atomic mass is 19.1. The predicted octanol–water partition coefficient (Wildman–Crippen LogP) is 2.16. The van der Waals surface area contributed by atoms with Crippen molar-refractivity contribution >= 4 is 5.82 Å². The molecule has 0 saturated heterocycles. The molecule has 2 aromatic heterocycles. The topological polar surface area (TPSA) is 75.9 Å². The number of nitrogens with zero attached hydrogens (tertiary/aromatic N) is 4. The fourth-order valence-electron chi connectivity index (χ4n) is 2.13. The number of aliphatic hydroxyl groups is 1. The van der Waals surface area contributed by atoms with Gasteiger partial charge >= 0.3 is 0 Å². The molecule has 1 unspecified atom stereocenters. The van der Waals surface area contributed by atoms with Crippen LogP contribution >= 0.6 is 0 Å². The first-order valence-corrected chi connectivity index (χ1v) is 7.12. The summed E-state index contributed by atoms with van der Waals surface area (Å²) in [6, 6.07) is 9.62. The largest absolute Gasteiger partial charge is 0.386 e. The Bertz CT molecular complexity index is 770. The summed E-state index contributed by atoms with van der Waals surface area (Å²) >= 11 is 0. The standard InChI is InChI=1S/C16H16FN5O/c1-22-10-12(8-19-22)15(23)9-18-16-7-6-14(20-21-16)11-2-4-13(17)5-3-11/h2-8,10,15,23H,9H2,1H3,(H,18,21). The Labute approximate surface area is 132 Å². The van der Waals surface area contributed by atoms with Gasteiger partial charge in [0.05, 0.1) is 18.0 Å². The van der Waals surface area contributed by atoms with E-state index in [1.165, 1.54) is 12.1 Å². The van der Waals surface area contributed by atoms with Gasteiger partial charge in [-0.15, -0.1) is 10.2 Å². The molecule has 0 radical (unpaired) electrons. The number of hydrogen-bond donors (Lipinski definition) is 2. The Hall–Kier alpha value is -2.80. The lowest BCUT2D eigenvalue weighted by atomic mass is 10.1. The number of hydrogen-bond acceptors (Lipinski definition) is 5. The fraction of sp³-hybridized carbons (Fsp3) is 0.188. The monoisotopic (exact) mass is 313 g/mol. The fourth-order valence-corrected chi connectivity index (χ4v) is 2.13. The summed E-state index contributed by atoms with van der Waals surface area (Å²) in [6.45, 7) is 0.302. The normalized spacial score (nSPS) is 12.1. The van der Waals surface area contributed by atoms with Crippen LogP contribution in [0.3, 0.4) is 0 Å². The summed E-state index contributed by atoms with van der Waals surface area (Å²) in [7, 11) is 1.79. The molecule has 3 rings (SSSR count). The zero-order chi connectivity index (χ0) is 16.2. The molecule has 2 N–H and O–H groups in total. The minimum Gasteiger partial charge on any atom is -0.386 e. The molecule has 118 valence electrons. The van der Waals surface area contributed by atoms with Crippen molar-refractivity contribution in [1.82, 2.24) is 20.0 Å². The maximum atomic E-state index is 12.9. The molecular formula is C16H16FN5O. The van der Waals surface area contributed by atoms with E-state index < -0.39 is 6.10 Å². The average molecular weight is 313 g/mol. The van der Waals surface area contributed by atoms with Crippen molar-refractivity contribution in [2.24, 2.45) is 7.05 Å². The molecule has 0 aliphatic carbocycles. The quantitative estimate of drug-likeness (QED) is 0.755. The van der Waals surface area contributed by atoms with Crippen LogP contribution in [0, 0.1) is 5.82 Å². The van der Waals surface area contributed by atoms with E-state index >= 15 is 0 Å². The zero-order valence-corrected chi connectivity index (χ0v) is 12.5. The summed E-state index contributed by atoms with van der Waals surface area (Å²) in [5, 5.41) is 25.3. The lowest BCUT2D eigenvalue weighted by Crippen LogP contribution is -2.12. The van der Waals surface area contributed by atoms with Crippen molar-refractivity contribution in [3.05, 3.63) is 60.2 Å². The van der Waals surface area contributed by atoms with Gasteiger partial charge in [-0.2, -0.15) is 5.10 Å². The molecule has 0 fully saturated rings. The molecule has 6 nitrogen and oxygen atoms in total. The van der Waals surface area contributed by atoms with Crippen LogP contribution in [-0.4, -0.2) is 31.6 Å². The van der Waals surface area contributed by atoms with E-state index in [-0.39, 0.29) is 5.82 Å². The Morgan fingerprint density at radius 1 is 1.17 bits per heavy atom. The van der Waals surface area contributed by atoms with Crippen LogP contribution in [0.4, 0.5) is 10.2 Å². The van der Waals surface area contributed by atoms with Crippen LogP contribution in [0.1, 0.15) is 11.7 Å². The molecule has 0 bridgehead atoms. The number of benzene rings is 1. The Kier molecular flexibility index (Phi) is 4.29. The third-order valence-electron chi connectivity index (χ3n) is 3.39. The Morgan fingerprint density at radius 2 is 1.96 bits per heavy atom. The van der Waals surface area contributed by atoms with Gasteiger partial charge in [-0.25, -0.2) is 4.39 Å². The molecule has 7 heteroatoms. The van der Waals surface area contributed by atoms with Gasteiger partial charge in [0.2, 0.25) is 0 Å². The van der Waals surface area contributed by atoms with Crippen molar-refractivity contribution in [3.8, 4) is 11.3 Å². The van der Waals surface area contributed by atoms with Crippen molar-refractivity contribution < 1.29 is 9.50 Å². The molecule has 1 atom stereocenters. The maximum absolute atomic E-state index is 12.9. The number of rotatable bonds is 5. The molecule has 0 aliphatic rings. The molecular weight excluding hydrogens is 297 g/mol. The van der Waals surface area contributed by atoms with Gasteiger partial charge in [0.1, 0.15) is 11.6 Å². The minimum atomic E-state index is -0.678. The van der Waals surface area contributed by atoms with Gasteiger partial charge in [-0.05, 0) is 36.4 Å². The average Bonchev–Trinajstić information content (AvgIpc) is 3.00. The van der Waals surface area contributed by atoms with Crippen molar-refractivity contribution in [2.45, 2.75) is 6.10 Å². The molecule has 1 aromatic carbocycles. The Morgan fingerprint density at radius 3 is 2.57 bits per heavy atom. The molecule has 0 amide bonds. The van der Waals surface area contributed by atoms with E-state index in [9.17, 15) is 9.50 Å².